The van der Waals surface area contributed by atoms with Gasteiger partial charge in [-0.05, 0) is 43.2 Å². The number of anilines is 2. The van der Waals surface area contributed by atoms with Gasteiger partial charge in [0.1, 0.15) is 5.75 Å². The highest BCUT2D eigenvalue weighted by Gasteiger charge is 2.28. The van der Waals surface area contributed by atoms with Crippen molar-refractivity contribution >= 4 is 52.3 Å². The zero-order valence-electron chi connectivity index (χ0n) is 15.9. The van der Waals surface area contributed by atoms with E-state index in [1.165, 1.54) is 0 Å². The Bertz CT molecular complexity index is 1000. The lowest BCUT2D eigenvalue weighted by atomic mass is 9.95. The van der Waals surface area contributed by atoms with Crippen LogP contribution in [0.25, 0.3) is 0 Å². The Labute approximate surface area is 183 Å². The highest BCUT2D eigenvalue weighted by molar-refractivity contribution is 6.34. The zero-order valence-corrected chi connectivity index (χ0v) is 17.4. The SMILES string of the molecule is O=C1COc2cc(NC(=O)C3CCN(C(=O)c4ccc(Cl)cc4)CC3)c(Cl)cc2N1. The van der Waals surface area contributed by atoms with Crippen LogP contribution in [0.15, 0.2) is 36.4 Å². The Balaban J connectivity index is 1.36. The molecule has 0 atom stereocenters. The Morgan fingerprint density at radius 1 is 1.10 bits per heavy atom. The number of fused-ring (bicyclic) bond motifs is 1. The Morgan fingerprint density at radius 2 is 1.80 bits per heavy atom. The van der Waals surface area contributed by atoms with E-state index in [1.54, 1.807) is 41.3 Å². The summed E-state index contributed by atoms with van der Waals surface area (Å²) in [5.41, 5.74) is 1.48. The summed E-state index contributed by atoms with van der Waals surface area (Å²) in [5.74, 6) is -0.252. The number of amides is 3. The second-order valence-electron chi connectivity index (χ2n) is 7.23. The molecule has 30 heavy (non-hydrogen) atoms. The molecule has 2 aliphatic rings. The van der Waals surface area contributed by atoms with Crippen molar-refractivity contribution in [3.05, 3.63) is 52.0 Å². The zero-order chi connectivity index (χ0) is 21.3. The second kappa shape index (κ2) is 8.53. The molecule has 2 aromatic rings. The molecular formula is C21H19Cl2N3O4. The molecule has 1 fully saturated rings. The van der Waals surface area contributed by atoms with Gasteiger partial charge in [-0.15, -0.1) is 0 Å². The van der Waals surface area contributed by atoms with E-state index in [0.29, 0.717) is 58.7 Å². The van der Waals surface area contributed by atoms with E-state index < -0.39 is 0 Å². The summed E-state index contributed by atoms with van der Waals surface area (Å²) in [5, 5.41) is 6.40. The van der Waals surface area contributed by atoms with Crippen LogP contribution in [0.5, 0.6) is 5.75 Å². The predicted molar refractivity (Wildman–Crippen MR) is 114 cm³/mol. The molecule has 2 aliphatic heterocycles. The van der Waals surface area contributed by atoms with E-state index in [2.05, 4.69) is 10.6 Å². The summed E-state index contributed by atoms with van der Waals surface area (Å²) in [6, 6.07) is 9.93. The normalized spacial score (nSPS) is 16.3. The number of carbonyl (C=O) groups excluding carboxylic acids is 3. The van der Waals surface area contributed by atoms with Gasteiger partial charge in [-0.3, -0.25) is 14.4 Å². The molecule has 156 valence electrons. The largest absolute Gasteiger partial charge is 0.482 e. The number of rotatable bonds is 3. The van der Waals surface area contributed by atoms with Gasteiger partial charge in [0.05, 0.1) is 16.4 Å². The Kier molecular flexibility index (Phi) is 5.83. The number of ether oxygens (including phenoxy) is 1. The molecule has 0 radical (unpaired) electrons. The average Bonchev–Trinajstić information content (AvgIpc) is 2.74. The molecule has 9 heteroatoms. The number of halogens is 2. The summed E-state index contributed by atoms with van der Waals surface area (Å²) in [4.78, 5) is 38.5. The summed E-state index contributed by atoms with van der Waals surface area (Å²) < 4.78 is 5.37. The van der Waals surface area contributed by atoms with Crippen molar-refractivity contribution in [3.63, 3.8) is 0 Å². The van der Waals surface area contributed by atoms with Crippen molar-refractivity contribution in [2.24, 2.45) is 5.92 Å². The first-order valence-corrected chi connectivity index (χ1v) is 10.3. The highest BCUT2D eigenvalue weighted by Crippen LogP contribution is 2.36. The fourth-order valence-corrected chi connectivity index (χ4v) is 3.89. The van der Waals surface area contributed by atoms with Gasteiger partial charge in [0.2, 0.25) is 5.91 Å². The number of nitrogens with zero attached hydrogens (tertiary/aromatic N) is 1. The summed E-state index contributed by atoms with van der Waals surface area (Å²) in [7, 11) is 0. The highest BCUT2D eigenvalue weighted by atomic mass is 35.5. The summed E-state index contributed by atoms with van der Waals surface area (Å²) in [6.07, 6.45) is 1.11. The molecule has 7 nitrogen and oxygen atoms in total. The van der Waals surface area contributed by atoms with Gasteiger partial charge in [-0.2, -0.15) is 0 Å². The minimum absolute atomic E-state index is 0.0672. The number of nitrogens with one attached hydrogen (secondary N) is 2. The van der Waals surface area contributed by atoms with Gasteiger partial charge in [-0.25, -0.2) is 0 Å². The third-order valence-electron chi connectivity index (χ3n) is 5.20. The molecule has 0 bridgehead atoms. The van der Waals surface area contributed by atoms with Gasteiger partial charge in [0.15, 0.2) is 6.61 Å². The maximum atomic E-state index is 12.7. The molecule has 3 amide bonds. The maximum absolute atomic E-state index is 12.7. The number of hydrogen-bond donors (Lipinski definition) is 2. The molecule has 0 spiro atoms. The molecule has 0 unspecified atom stereocenters. The number of piperidine rings is 1. The molecule has 0 saturated carbocycles. The van der Waals surface area contributed by atoms with Gasteiger partial charge >= 0.3 is 0 Å². The van der Waals surface area contributed by atoms with E-state index in [4.69, 9.17) is 27.9 Å². The first-order valence-electron chi connectivity index (χ1n) is 9.52. The molecule has 2 heterocycles. The molecular weight excluding hydrogens is 429 g/mol. The Morgan fingerprint density at radius 3 is 2.50 bits per heavy atom. The van der Waals surface area contributed by atoms with E-state index in [-0.39, 0.29) is 30.2 Å². The van der Waals surface area contributed by atoms with Crippen LogP contribution in [0.2, 0.25) is 10.0 Å². The van der Waals surface area contributed by atoms with E-state index >= 15 is 0 Å². The van der Waals surface area contributed by atoms with Crippen LogP contribution in [0.3, 0.4) is 0 Å². The van der Waals surface area contributed by atoms with Gasteiger partial charge in [-0.1, -0.05) is 23.2 Å². The van der Waals surface area contributed by atoms with Gasteiger partial charge in [0, 0.05) is 35.7 Å². The number of benzene rings is 2. The number of carbonyl (C=O) groups is 3. The van der Waals surface area contributed by atoms with E-state index in [0.717, 1.165) is 0 Å². The molecule has 0 aromatic heterocycles. The predicted octanol–water partition coefficient (Wildman–Crippen LogP) is 3.82. The van der Waals surface area contributed by atoms with E-state index in [9.17, 15) is 14.4 Å². The van der Waals surface area contributed by atoms with Crippen molar-refractivity contribution in [1.82, 2.24) is 4.90 Å². The molecule has 2 N–H and O–H groups in total. The third kappa shape index (κ3) is 4.37. The van der Waals surface area contributed by atoms with Crippen LogP contribution in [-0.2, 0) is 9.59 Å². The van der Waals surface area contributed by atoms with Crippen molar-refractivity contribution in [2.75, 3.05) is 30.3 Å². The quantitative estimate of drug-likeness (QED) is 0.748. The first-order chi connectivity index (χ1) is 14.4. The van der Waals surface area contributed by atoms with Crippen LogP contribution in [-0.4, -0.2) is 42.3 Å². The van der Waals surface area contributed by atoms with Crippen LogP contribution in [0.1, 0.15) is 23.2 Å². The minimum atomic E-state index is -0.254. The summed E-state index contributed by atoms with van der Waals surface area (Å²) >= 11 is 12.1. The minimum Gasteiger partial charge on any atom is -0.482 e. The second-order valence-corrected chi connectivity index (χ2v) is 8.07. The standard InChI is InChI=1S/C21H19Cl2N3O4/c22-14-3-1-13(2-4-14)21(29)26-7-5-12(6-8-26)20(28)25-16-10-18-17(9-15(16)23)24-19(27)11-30-18/h1-4,9-10,12H,5-8,11H2,(H,24,27)(H,25,28). The topological polar surface area (TPSA) is 87.7 Å². The van der Waals surface area contributed by atoms with Gasteiger partial charge < -0.3 is 20.3 Å². The van der Waals surface area contributed by atoms with Crippen LogP contribution < -0.4 is 15.4 Å². The molecule has 2 aromatic carbocycles. The maximum Gasteiger partial charge on any atom is 0.262 e. The van der Waals surface area contributed by atoms with Crippen LogP contribution in [0, 0.1) is 5.92 Å². The average molecular weight is 448 g/mol. The van der Waals surface area contributed by atoms with Crippen molar-refractivity contribution in [2.45, 2.75) is 12.8 Å². The van der Waals surface area contributed by atoms with E-state index in [1.807, 2.05) is 0 Å². The lowest BCUT2D eigenvalue weighted by Crippen LogP contribution is -2.41. The third-order valence-corrected chi connectivity index (χ3v) is 5.77. The Hall–Kier alpha value is -2.77. The lowest BCUT2D eigenvalue weighted by molar-refractivity contribution is -0.121. The van der Waals surface area contributed by atoms with Crippen LogP contribution >= 0.6 is 23.2 Å². The molecule has 1 saturated heterocycles. The fraction of sp³-hybridized carbons (Fsp3) is 0.286. The number of hydrogen-bond acceptors (Lipinski definition) is 4. The molecule has 0 aliphatic carbocycles. The van der Waals surface area contributed by atoms with Crippen molar-refractivity contribution in [1.29, 1.82) is 0 Å². The first kappa shape index (κ1) is 20.5. The van der Waals surface area contributed by atoms with Crippen molar-refractivity contribution < 1.29 is 19.1 Å². The van der Waals surface area contributed by atoms with Crippen molar-refractivity contribution in [3.8, 4) is 5.75 Å². The lowest BCUT2D eigenvalue weighted by Gasteiger charge is -2.31. The fourth-order valence-electron chi connectivity index (χ4n) is 3.55. The van der Waals surface area contributed by atoms with Gasteiger partial charge in [0.25, 0.3) is 11.8 Å². The smallest absolute Gasteiger partial charge is 0.262 e. The van der Waals surface area contributed by atoms with Crippen LogP contribution in [0.4, 0.5) is 11.4 Å². The number of likely N-dealkylation sites (tertiary alicyclic amines) is 1. The molecule has 4 rings (SSSR count). The monoisotopic (exact) mass is 447 g/mol. The summed E-state index contributed by atoms with van der Waals surface area (Å²) in [6.45, 7) is 0.904.